The van der Waals surface area contributed by atoms with Crippen LogP contribution in [0.4, 0.5) is 5.69 Å². The van der Waals surface area contributed by atoms with E-state index in [0.717, 1.165) is 11.1 Å². The van der Waals surface area contributed by atoms with Crippen LogP contribution in [-0.4, -0.2) is 55.1 Å². The third kappa shape index (κ3) is 5.24. The first-order chi connectivity index (χ1) is 14.3. The van der Waals surface area contributed by atoms with Crippen LogP contribution in [0.2, 0.25) is 0 Å². The van der Waals surface area contributed by atoms with Crippen LogP contribution in [0, 0.1) is 6.92 Å². The number of amides is 1. The fourth-order valence-corrected chi connectivity index (χ4v) is 4.64. The van der Waals surface area contributed by atoms with Crippen molar-refractivity contribution in [3.8, 4) is 0 Å². The van der Waals surface area contributed by atoms with Crippen molar-refractivity contribution in [1.29, 1.82) is 0 Å². The van der Waals surface area contributed by atoms with Crippen LogP contribution in [0.3, 0.4) is 0 Å². The van der Waals surface area contributed by atoms with Crippen LogP contribution in [-0.2, 0) is 26.3 Å². The molecular weight excluding hydrogens is 406 g/mol. The summed E-state index contributed by atoms with van der Waals surface area (Å²) >= 11 is 0. The van der Waals surface area contributed by atoms with E-state index in [9.17, 15) is 18.0 Å². The molecular formula is C21H25N3O5S. The molecule has 2 aromatic carbocycles. The molecule has 2 aromatic rings. The van der Waals surface area contributed by atoms with Crippen molar-refractivity contribution in [2.45, 2.75) is 20.4 Å². The third-order valence-corrected chi connectivity index (χ3v) is 6.66. The second kappa shape index (κ2) is 9.38. The van der Waals surface area contributed by atoms with Gasteiger partial charge < -0.3 is 10.1 Å². The predicted molar refractivity (Wildman–Crippen MR) is 113 cm³/mol. The highest BCUT2D eigenvalue weighted by Crippen LogP contribution is 2.20. The number of rotatable bonds is 7. The van der Waals surface area contributed by atoms with Crippen LogP contribution < -0.4 is 5.32 Å². The average molecular weight is 432 g/mol. The van der Waals surface area contributed by atoms with Crippen molar-refractivity contribution in [3.05, 3.63) is 65.2 Å². The molecule has 0 saturated carbocycles. The second-order valence-corrected chi connectivity index (χ2v) is 8.93. The lowest BCUT2D eigenvalue weighted by molar-refractivity contribution is -0.116. The first kappa shape index (κ1) is 21.9. The summed E-state index contributed by atoms with van der Waals surface area (Å²) in [7, 11) is -3.70. The van der Waals surface area contributed by atoms with Crippen LogP contribution in [0.15, 0.2) is 48.5 Å². The number of carbonyl (C=O) groups is 2. The molecule has 0 bridgehead atoms. The summed E-state index contributed by atoms with van der Waals surface area (Å²) in [5, 5.41) is 2.66. The van der Waals surface area contributed by atoms with Gasteiger partial charge in [-0.1, -0.05) is 29.8 Å². The second-order valence-electron chi connectivity index (χ2n) is 7.01. The van der Waals surface area contributed by atoms with Crippen molar-refractivity contribution in [1.82, 2.24) is 8.61 Å². The molecule has 9 heteroatoms. The molecule has 0 unspecified atom stereocenters. The van der Waals surface area contributed by atoms with Gasteiger partial charge in [0.15, 0.2) is 0 Å². The minimum Gasteiger partial charge on any atom is -0.462 e. The Bertz CT molecular complexity index is 1000. The van der Waals surface area contributed by atoms with Gasteiger partial charge in [0.25, 0.3) is 10.2 Å². The largest absolute Gasteiger partial charge is 0.462 e. The summed E-state index contributed by atoms with van der Waals surface area (Å²) in [5.74, 6) is -0.883. The molecule has 8 nitrogen and oxygen atoms in total. The number of carbonyl (C=O) groups excluding carboxylic acids is 2. The van der Waals surface area contributed by atoms with E-state index in [-0.39, 0.29) is 26.2 Å². The van der Waals surface area contributed by atoms with Crippen molar-refractivity contribution in [2.75, 3.05) is 31.6 Å². The molecule has 1 saturated heterocycles. The van der Waals surface area contributed by atoms with Gasteiger partial charge in [-0.15, -0.1) is 0 Å². The number of benzene rings is 2. The Morgan fingerprint density at radius 3 is 2.27 bits per heavy atom. The molecule has 0 aromatic heterocycles. The molecule has 3 rings (SSSR count). The Kier molecular flexibility index (Phi) is 6.86. The van der Waals surface area contributed by atoms with Gasteiger partial charge >= 0.3 is 5.97 Å². The van der Waals surface area contributed by atoms with E-state index in [4.69, 9.17) is 4.74 Å². The van der Waals surface area contributed by atoms with E-state index in [1.54, 1.807) is 31.2 Å². The molecule has 0 aliphatic carbocycles. The van der Waals surface area contributed by atoms with Crippen molar-refractivity contribution >= 4 is 27.8 Å². The number of nitrogens with one attached hydrogen (secondary N) is 1. The summed E-state index contributed by atoms with van der Waals surface area (Å²) < 4.78 is 33.0. The lowest BCUT2D eigenvalue weighted by Gasteiger charge is -2.18. The van der Waals surface area contributed by atoms with Gasteiger partial charge in [0, 0.05) is 25.3 Å². The van der Waals surface area contributed by atoms with Gasteiger partial charge in [0.05, 0.1) is 18.7 Å². The maximum atomic E-state index is 12.8. The zero-order valence-corrected chi connectivity index (χ0v) is 17.8. The smallest absolute Gasteiger partial charge is 0.338 e. The van der Waals surface area contributed by atoms with Crippen molar-refractivity contribution < 1.29 is 22.7 Å². The minimum absolute atomic E-state index is 0.253. The molecule has 1 heterocycles. The van der Waals surface area contributed by atoms with E-state index in [0.29, 0.717) is 17.8 Å². The molecule has 1 amide bonds. The zero-order chi connectivity index (χ0) is 21.7. The monoisotopic (exact) mass is 431 g/mol. The van der Waals surface area contributed by atoms with Crippen molar-refractivity contribution in [3.63, 3.8) is 0 Å². The number of ether oxygens (including phenoxy) is 1. The fourth-order valence-electron chi connectivity index (χ4n) is 3.10. The number of aryl methyl sites for hydroxylation is 1. The highest BCUT2D eigenvalue weighted by Gasteiger charge is 2.37. The van der Waals surface area contributed by atoms with Crippen LogP contribution >= 0.6 is 0 Å². The SMILES string of the molecule is CCOC(=O)c1ccc(NC(=O)CN2CCN(Cc3ccc(C)cc3)S2(=O)=O)cc1. The fraction of sp³-hybridized carbons (Fsp3) is 0.333. The summed E-state index contributed by atoms with van der Waals surface area (Å²) in [5.41, 5.74) is 2.86. The van der Waals surface area contributed by atoms with Crippen molar-refractivity contribution in [2.24, 2.45) is 0 Å². The first-order valence-electron chi connectivity index (χ1n) is 9.67. The first-order valence-corrected chi connectivity index (χ1v) is 11.1. The molecule has 30 heavy (non-hydrogen) atoms. The summed E-state index contributed by atoms with van der Waals surface area (Å²) in [6.07, 6.45) is 0. The Morgan fingerprint density at radius 1 is 1.00 bits per heavy atom. The quantitative estimate of drug-likeness (QED) is 0.678. The van der Waals surface area contributed by atoms with Gasteiger partial charge in [0.2, 0.25) is 5.91 Å². The lowest BCUT2D eigenvalue weighted by atomic mass is 10.1. The molecule has 160 valence electrons. The molecule has 1 aliphatic heterocycles. The number of nitrogens with zero attached hydrogens (tertiary/aromatic N) is 2. The van der Waals surface area contributed by atoms with Crippen LogP contribution in [0.1, 0.15) is 28.4 Å². The molecule has 0 radical (unpaired) electrons. The molecule has 1 fully saturated rings. The summed E-state index contributed by atoms with van der Waals surface area (Å²) in [6, 6.07) is 13.9. The van der Waals surface area contributed by atoms with Gasteiger partial charge in [-0.2, -0.15) is 17.0 Å². The Balaban J connectivity index is 1.57. The zero-order valence-electron chi connectivity index (χ0n) is 17.0. The van der Waals surface area contributed by atoms with E-state index >= 15 is 0 Å². The summed E-state index contributed by atoms with van der Waals surface area (Å²) in [4.78, 5) is 24.0. The van der Waals surface area contributed by atoms with Gasteiger partial charge in [-0.3, -0.25) is 4.79 Å². The molecule has 0 spiro atoms. The maximum Gasteiger partial charge on any atom is 0.338 e. The molecule has 0 atom stereocenters. The summed E-state index contributed by atoms with van der Waals surface area (Å²) in [6.45, 7) is 4.56. The van der Waals surface area contributed by atoms with Crippen LogP contribution in [0.25, 0.3) is 0 Å². The topological polar surface area (TPSA) is 96.0 Å². The van der Waals surface area contributed by atoms with Gasteiger partial charge in [-0.25, -0.2) is 4.79 Å². The standard InChI is InChI=1S/C21H25N3O5S/c1-3-29-21(26)18-8-10-19(11-9-18)22-20(25)15-24-13-12-23(30(24,27)28)14-17-6-4-16(2)5-7-17/h4-11H,3,12-15H2,1-2H3,(H,22,25). The van der Waals surface area contributed by atoms with E-state index in [1.807, 2.05) is 31.2 Å². The number of hydrogen-bond acceptors (Lipinski definition) is 5. The molecule has 1 aliphatic rings. The maximum absolute atomic E-state index is 12.8. The normalized spacial score (nSPS) is 16.3. The highest BCUT2D eigenvalue weighted by molar-refractivity contribution is 7.87. The highest BCUT2D eigenvalue weighted by atomic mass is 32.2. The Labute approximate surface area is 176 Å². The number of esters is 1. The van der Waals surface area contributed by atoms with Gasteiger partial charge in [0.1, 0.15) is 0 Å². The number of hydrogen-bond donors (Lipinski definition) is 1. The third-order valence-electron chi connectivity index (χ3n) is 4.73. The Hall–Kier alpha value is -2.75. The molecule has 1 N–H and O–H groups in total. The predicted octanol–water partition coefficient (Wildman–Crippen LogP) is 2.17. The minimum atomic E-state index is -3.70. The van der Waals surface area contributed by atoms with E-state index in [1.165, 1.54) is 8.61 Å². The van der Waals surface area contributed by atoms with Crippen LogP contribution in [0.5, 0.6) is 0 Å². The number of anilines is 1. The lowest BCUT2D eigenvalue weighted by Crippen LogP contribution is -2.37. The van der Waals surface area contributed by atoms with Gasteiger partial charge in [-0.05, 0) is 43.7 Å². The van der Waals surface area contributed by atoms with E-state index in [2.05, 4.69) is 5.32 Å². The van der Waals surface area contributed by atoms with E-state index < -0.39 is 22.1 Å². The average Bonchev–Trinajstić information content (AvgIpc) is 2.98. The Morgan fingerprint density at radius 2 is 1.63 bits per heavy atom.